The summed E-state index contributed by atoms with van der Waals surface area (Å²) in [5.41, 5.74) is 1.93. The highest BCUT2D eigenvalue weighted by Crippen LogP contribution is 2.31. The van der Waals surface area contributed by atoms with Crippen LogP contribution >= 0.6 is 11.6 Å². The predicted molar refractivity (Wildman–Crippen MR) is 120 cm³/mol. The fourth-order valence-electron chi connectivity index (χ4n) is 3.94. The van der Waals surface area contributed by atoms with E-state index in [1.54, 1.807) is 6.92 Å². The molecule has 0 bridgehead atoms. The normalized spacial score (nSPS) is 21.4. The number of hydrogen-bond acceptors (Lipinski definition) is 6. The molecule has 1 N–H and O–H groups in total. The first-order valence-electron chi connectivity index (χ1n) is 10.4. The number of piperazine rings is 1. The van der Waals surface area contributed by atoms with Crippen LogP contribution in [0.5, 0.6) is 0 Å². The molecule has 4 rings (SSSR count). The van der Waals surface area contributed by atoms with Gasteiger partial charge in [0.25, 0.3) is 0 Å². The zero-order valence-corrected chi connectivity index (χ0v) is 18.1. The van der Waals surface area contributed by atoms with Crippen LogP contribution in [0.25, 0.3) is 0 Å². The Balaban J connectivity index is 1.53. The zero-order valence-electron chi connectivity index (χ0n) is 17.3. The second-order valence-electron chi connectivity index (χ2n) is 7.48. The maximum absolute atomic E-state index is 12.9. The van der Waals surface area contributed by atoms with Crippen molar-refractivity contribution >= 4 is 35.1 Å². The molecule has 8 heteroatoms. The van der Waals surface area contributed by atoms with E-state index in [2.05, 4.69) is 15.1 Å². The number of esters is 1. The predicted octanol–water partition coefficient (Wildman–Crippen LogP) is 2.87. The summed E-state index contributed by atoms with van der Waals surface area (Å²) in [4.78, 5) is 34.6. The van der Waals surface area contributed by atoms with E-state index < -0.39 is 17.9 Å². The summed E-state index contributed by atoms with van der Waals surface area (Å²) >= 11 is 5.99. The van der Waals surface area contributed by atoms with Crippen molar-refractivity contribution in [1.29, 1.82) is 0 Å². The van der Waals surface area contributed by atoms with E-state index in [9.17, 15) is 9.59 Å². The smallest absolute Gasteiger partial charge is 0.321 e. The van der Waals surface area contributed by atoms with Gasteiger partial charge in [-0.2, -0.15) is 0 Å². The molecule has 0 aromatic heterocycles. The Labute approximate surface area is 186 Å². The van der Waals surface area contributed by atoms with Crippen LogP contribution in [-0.4, -0.2) is 55.5 Å². The second-order valence-corrected chi connectivity index (χ2v) is 7.91. The molecule has 162 valence electrons. The van der Waals surface area contributed by atoms with E-state index in [-0.39, 0.29) is 12.5 Å². The van der Waals surface area contributed by atoms with Crippen molar-refractivity contribution in [3.63, 3.8) is 0 Å². The van der Waals surface area contributed by atoms with Gasteiger partial charge in [-0.15, -0.1) is 0 Å². The summed E-state index contributed by atoms with van der Waals surface area (Å²) in [5.74, 6) is -1.42. The lowest BCUT2D eigenvalue weighted by molar-refractivity contribution is -0.153. The highest BCUT2D eigenvalue weighted by molar-refractivity contribution is 6.30. The van der Waals surface area contributed by atoms with Crippen molar-refractivity contribution in [2.75, 3.05) is 37.7 Å². The van der Waals surface area contributed by atoms with Gasteiger partial charge >= 0.3 is 5.97 Å². The van der Waals surface area contributed by atoms with E-state index in [4.69, 9.17) is 21.3 Å². The number of anilines is 1. The number of amides is 1. The van der Waals surface area contributed by atoms with Crippen molar-refractivity contribution < 1.29 is 14.3 Å². The van der Waals surface area contributed by atoms with E-state index in [1.807, 2.05) is 54.6 Å². The molecular weight excluding hydrogens is 416 g/mol. The average Bonchev–Trinajstić information content (AvgIpc) is 2.80. The van der Waals surface area contributed by atoms with Crippen molar-refractivity contribution in [1.82, 2.24) is 10.2 Å². The molecule has 0 aliphatic carbocycles. The van der Waals surface area contributed by atoms with Gasteiger partial charge in [-0.05, 0) is 36.8 Å². The minimum absolute atomic E-state index is 0.216. The monoisotopic (exact) mass is 440 g/mol. The third-order valence-corrected chi connectivity index (χ3v) is 5.80. The van der Waals surface area contributed by atoms with Gasteiger partial charge in [0.05, 0.1) is 6.61 Å². The van der Waals surface area contributed by atoms with Gasteiger partial charge in [-0.25, -0.2) is 4.99 Å². The van der Waals surface area contributed by atoms with E-state index in [1.165, 1.54) is 0 Å². The van der Waals surface area contributed by atoms with Gasteiger partial charge in [0.15, 0.2) is 5.92 Å². The number of ether oxygens (including phenoxy) is 1. The first-order valence-corrected chi connectivity index (χ1v) is 10.8. The van der Waals surface area contributed by atoms with Crippen LogP contribution in [0.1, 0.15) is 18.5 Å². The van der Waals surface area contributed by atoms with Gasteiger partial charge in [-0.1, -0.05) is 41.9 Å². The van der Waals surface area contributed by atoms with Crippen LogP contribution in [0.2, 0.25) is 5.02 Å². The summed E-state index contributed by atoms with van der Waals surface area (Å²) in [6.07, 6.45) is 0. The van der Waals surface area contributed by atoms with Crippen LogP contribution in [-0.2, 0) is 14.3 Å². The van der Waals surface area contributed by atoms with Crippen molar-refractivity contribution in [2.45, 2.75) is 13.0 Å². The Morgan fingerprint density at radius 1 is 1.06 bits per heavy atom. The van der Waals surface area contributed by atoms with Gasteiger partial charge in [0.1, 0.15) is 6.04 Å². The lowest BCUT2D eigenvalue weighted by Gasteiger charge is -2.39. The number of halogens is 1. The Morgan fingerprint density at radius 2 is 1.71 bits per heavy atom. The van der Waals surface area contributed by atoms with Crippen LogP contribution in [0.4, 0.5) is 5.69 Å². The van der Waals surface area contributed by atoms with E-state index >= 15 is 0 Å². The quantitative estimate of drug-likeness (QED) is 0.584. The van der Waals surface area contributed by atoms with Crippen molar-refractivity contribution in [2.24, 2.45) is 10.9 Å². The molecule has 1 saturated heterocycles. The van der Waals surface area contributed by atoms with Crippen LogP contribution < -0.4 is 10.2 Å². The van der Waals surface area contributed by atoms with Crippen LogP contribution in [0.3, 0.4) is 0 Å². The summed E-state index contributed by atoms with van der Waals surface area (Å²) in [6.45, 7) is 4.92. The molecule has 0 radical (unpaired) electrons. The zero-order chi connectivity index (χ0) is 21.8. The van der Waals surface area contributed by atoms with Gasteiger partial charge in [0.2, 0.25) is 11.9 Å². The number of nitrogens with zero attached hydrogens (tertiary/aromatic N) is 3. The molecule has 7 nitrogen and oxygen atoms in total. The molecule has 0 unspecified atom stereocenters. The maximum atomic E-state index is 12.9. The molecular formula is C23H25ClN4O3. The first-order chi connectivity index (χ1) is 15.1. The van der Waals surface area contributed by atoms with E-state index in [0.29, 0.717) is 24.1 Å². The number of benzene rings is 2. The summed E-state index contributed by atoms with van der Waals surface area (Å²) in [7, 11) is 0. The summed E-state index contributed by atoms with van der Waals surface area (Å²) < 4.78 is 5.16. The highest BCUT2D eigenvalue weighted by Gasteiger charge is 2.42. The van der Waals surface area contributed by atoms with E-state index in [0.717, 1.165) is 24.3 Å². The number of guanidine groups is 1. The number of nitrogens with one attached hydrogen (secondary N) is 1. The fourth-order valence-corrected chi connectivity index (χ4v) is 4.07. The van der Waals surface area contributed by atoms with Gasteiger partial charge in [-0.3, -0.25) is 14.9 Å². The minimum atomic E-state index is -0.999. The topological polar surface area (TPSA) is 74.2 Å². The first kappa shape index (κ1) is 21.2. The largest absolute Gasteiger partial charge is 0.465 e. The molecule has 2 heterocycles. The summed E-state index contributed by atoms with van der Waals surface area (Å²) in [6, 6.07) is 16.6. The van der Waals surface area contributed by atoms with Gasteiger partial charge < -0.3 is 14.5 Å². The minimum Gasteiger partial charge on any atom is -0.465 e. The number of carbonyl (C=O) groups is 2. The Bertz CT molecular complexity index is 957. The molecule has 0 spiro atoms. The third kappa shape index (κ3) is 4.66. The van der Waals surface area contributed by atoms with Gasteiger partial charge in [0, 0.05) is 36.9 Å². The average molecular weight is 441 g/mol. The molecule has 2 aromatic carbocycles. The molecule has 1 fully saturated rings. The summed E-state index contributed by atoms with van der Waals surface area (Å²) in [5, 5.41) is 3.55. The molecule has 2 aliphatic heterocycles. The molecule has 2 atom stereocenters. The third-order valence-electron chi connectivity index (χ3n) is 5.55. The number of carbonyl (C=O) groups excluding carboxylic acids is 2. The Kier molecular flexibility index (Phi) is 6.42. The maximum Gasteiger partial charge on any atom is 0.321 e. The second kappa shape index (κ2) is 9.39. The number of hydrogen-bond donors (Lipinski definition) is 1. The number of rotatable bonds is 4. The standard InChI is InChI=1S/C23H25ClN4O3/c1-2-31-22(30)19-20(16-6-4-3-5-7-16)25-23(26-21(19)29)28-14-12-27(13-15-28)18-10-8-17(24)9-11-18/h3-11,19-20H,2,12-15H2,1H3,(H,25,26,29)/t19-,20+/m1/s1. The lowest BCUT2D eigenvalue weighted by atomic mass is 9.91. The van der Waals surface area contributed by atoms with Crippen molar-refractivity contribution in [3.8, 4) is 0 Å². The Morgan fingerprint density at radius 3 is 2.35 bits per heavy atom. The highest BCUT2D eigenvalue weighted by atomic mass is 35.5. The van der Waals surface area contributed by atoms with Crippen LogP contribution in [0, 0.1) is 5.92 Å². The molecule has 0 saturated carbocycles. The lowest BCUT2D eigenvalue weighted by Crippen LogP contribution is -2.57. The SMILES string of the molecule is CCOC(=O)[C@H]1C(=O)NC(N2CCN(c3ccc(Cl)cc3)CC2)=N[C@H]1c1ccccc1. The molecule has 2 aliphatic rings. The molecule has 2 aromatic rings. The fraction of sp³-hybridized carbons (Fsp3) is 0.348. The molecule has 31 heavy (non-hydrogen) atoms. The van der Waals surface area contributed by atoms with Crippen molar-refractivity contribution in [3.05, 3.63) is 65.2 Å². The van der Waals surface area contributed by atoms with Crippen LogP contribution in [0.15, 0.2) is 59.6 Å². The molecule has 1 amide bonds. The number of aliphatic imine (C=N–C) groups is 1. The Hall–Kier alpha value is -3.06.